The first kappa shape index (κ1) is 19.1. The smallest absolute Gasteiger partial charge is 0.318 e. The van der Waals surface area contributed by atoms with Crippen LogP contribution in [0.25, 0.3) is 0 Å². The number of rotatable bonds is 7. The lowest BCUT2D eigenvalue weighted by atomic mass is 10.1. The zero-order chi connectivity index (χ0) is 18.3. The Morgan fingerprint density at radius 1 is 1.12 bits per heavy atom. The second-order valence-corrected chi connectivity index (χ2v) is 7.46. The van der Waals surface area contributed by atoms with Crippen LogP contribution in [0.1, 0.15) is 51.8 Å². The third-order valence-electron chi connectivity index (χ3n) is 4.30. The lowest BCUT2D eigenvalue weighted by Gasteiger charge is -2.36. The fourth-order valence-electron chi connectivity index (χ4n) is 2.77. The molecule has 0 saturated carbocycles. The topological polar surface area (TPSA) is 37.3 Å². The summed E-state index contributed by atoms with van der Waals surface area (Å²) in [4.78, 5) is 14.6. The molecule has 0 fully saturated rings. The van der Waals surface area contributed by atoms with E-state index in [0.717, 1.165) is 31.6 Å². The number of urea groups is 1. The van der Waals surface area contributed by atoms with E-state index in [4.69, 9.17) is 0 Å². The van der Waals surface area contributed by atoms with Gasteiger partial charge in [0.15, 0.2) is 0 Å². The molecule has 0 aliphatic heterocycles. The number of hydrogen-bond donors (Lipinski definition) is 1. The van der Waals surface area contributed by atoms with Gasteiger partial charge >= 0.3 is 6.03 Å². The van der Waals surface area contributed by atoms with Gasteiger partial charge in [0.2, 0.25) is 0 Å². The van der Waals surface area contributed by atoms with E-state index in [1.165, 1.54) is 5.56 Å². The fraction of sp³-hybridized carbons (Fsp3) is 0.476. The van der Waals surface area contributed by atoms with Gasteiger partial charge in [0, 0.05) is 30.5 Å². The van der Waals surface area contributed by atoms with Crippen molar-refractivity contribution in [1.82, 2.24) is 14.8 Å². The number of hydrogen-bond acceptors (Lipinski definition) is 1. The Labute approximate surface area is 151 Å². The highest BCUT2D eigenvalue weighted by molar-refractivity contribution is 5.74. The molecule has 1 N–H and O–H groups in total. The number of carbonyl (C=O) groups excluding carboxylic acids is 1. The Morgan fingerprint density at radius 3 is 2.48 bits per heavy atom. The van der Waals surface area contributed by atoms with Gasteiger partial charge < -0.3 is 14.8 Å². The quantitative estimate of drug-likeness (QED) is 0.732. The van der Waals surface area contributed by atoms with Gasteiger partial charge in [-0.1, -0.05) is 43.7 Å². The van der Waals surface area contributed by atoms with Crippen molar-refractivity contribution >= 4 is 6.03 Å². The summed E-state index contributed by atoms with van der Waals surface area (Å²) in [6.45, 7) is 10.5. The summed E-state index contributed by atoms with van der Waals surface area (Å²) in [7, 11) is 0. The minimum Gasteiger partial charge on any atom is -0.345 e. The molecule has 2 rings (SSSR count). The second kappa shape index (κ2) is 8.75. The van der Waals surface area contributed by atoms with E-state index < -0.39 is 0 Å². The Kier molecular flexibility index (Phi) is 6.68. The molecule has 2 aromatic rings. The van der Waals surface area contributed by atoms with Gasteiger partial charge in [-0.3, -0.25) is 0 Å². The van der Waals surface area contributed by atoms with E-state index in [0.29, 0.717) is 6.54 Å². The van der Waals surface area contributed by atoms with Gasteiger partial charge in [-0.05, 0) is 44.9 Å². The van der Waals surface area contributed by atoms with E-state index in [9.17, 15) is 4.79 Å². The molecule has 0 atom stereocenters. The first-order valence-corrected chi connectivity index (χ1v) is 9.15. The fourth-order valence-corrected chi connectivity index (χ4v) is 2.77. The maximum absolute atomic E-state index is 12.7. The van der Waals surface area contributed by atoms with E-state index in [1.807, 2.05) is 17.0 Å². The van der Waals surface area contributed by atoms with Crippen LogP contribution in [-0.4, -0.2) is 27.6 Å². The molecule has 0 saturated heterocycles. The van der Waals surface area contributed by atoms with Crippen LogP contribution >= 0.6 is 0 Å². The molecular weight excluding hydrogens is 310 g/mol. The molecule has 4 nitrogen and oxygen atoms in total. The van der Waals surface area contributed by atoms with Gasteiger partial charge in [0.05, 0.1) is 6.54 Å². The molecule has 0 aliphatic rings. The van der Waals surface area contributed by atoms with Crippen molar-refractivity contribution in [2.75, 3.05) is 6.54 Å². The predicted molar refractivity (Wildman–Crippen MR) is 104 cm³/mol. The van der Waals surface area contributed by atoms with Crippen molar-refractivity contribution in [3.8, 4) is 0 Å². The summed E-state index contributed by atoms with van der Waals surface area (Å²) in [5, 5.41) is 3.05. The van der Waals surface area contributed by atoms with E-state index in [-0.39, 0.29) is 11.6 Å². The summed E-state index contributed by atoms with van der Waals surface area (Å²) in [6, 6.07) is 14.6. The molecule has 4 heteroatoms. The predicted octanol–water partition coefficient (Wildman–Crippen LogP) is 4.65. The molecule has 1 aromatic heterocycles. The maximum atomic E-state index is 12.7. The number of unbranched alkanes of at least 4 members (excludes halogenated alkanes) is 1. The van der Waals surface area contributed by atoms with Crippen LogP contribution in [0, 0.1) is 0 Å². The average molecular weight is 341 g/mol. The molecule has 0 unspecified atom stereocenters. The molecule has 136 valence electrons. The van der Waals surface area contributed by atoms with Crippen molar-refractivity contribution in [3.05, 3.63) is 59.9 Å². The van der Waals surface area contributed by atoms with Crippen molar-refractivity contribution < 1.29 is 4.79 Å². The second-order valence-electron chi connectivity index (χ2n) is 7.46. The van der Waals surface area contributed by atoms with Gasteiger partial charge in [-0.25, -0.2) is 4.79 Å². The third kappa shape index (κ3) is 5.66. The lowest BCUT2D eigenvalue weighted by Crippen LogP contribution is -2.50. The molecule has 0 bridgehead atoms. The van der Waals surface area contributed by atoms with Crippen LogP contribution < -0.4 is 5.32 Å². The Hall–Kier alpha value is -2.23. The van der Waals surface area contributed by atoms with E-state index in [2.05, 4.69) is 74.1 Å². The first-order valence-electron chi connectivity index (χ1n) is 9.15. The lowest BCUT2D eigenvalue weighted by molar-refractivity contribution is 0.137. The van der Waals surface area contributed by atoms with Crippen LogP contribution in [-0.2, 0) is 13.1 Å². The molecule has 1 heterocycles. The summed E-state index contributed by atoms with van der Waals surface area (Å²) < 4.78 is 2.22. The Balaban J connectivity index is 2.11. The molecule has 25 heavy (non-hydrogen) atoms. The Morgan fingerprint density at radius 2 is 1.84 bits per heavy atom. The largest absolute Gasteiger partial charge is 0.345 e. The minimum absolute atomic E-state index is 0.00779. The number of amides is 2. The van der Waals surface area contributed by atoms with Crippen molar-refractivity contribution in [2.45, 2.75) is 59.2 Å². The number of aromatic nitrogens is 1. The van der Waals surface area contributed by atoms with Crippen molar-refractivity contribution in [2.24, 2.45) is 0 Å². The normalized spacial score (nSPS) is 11.4. The number of nitrogens with zero attached hydrogens (tertiary/aromatic N) is 2. The highest BCUT2D eigenvalue weighted by atomic mass is 16.2. The molecule has 0 aliphatic carbocycles. The van der Waals surface area contributed by atoms with Gasteiger partial charge in [0.25, 0.3) is 0 Å². The Bertz CT molecular complexity index is 655. The highest BCUT2D eigenvalue weighted by Crippen LogP contribution is 2.19. The maximum Gasteiger partial charge on any atom is 0.318 e. The first-order chi connectivity index (χ1) is 11.9. The van der Waals surface area contributed by atoms with Crippen LogP contribution in [0.3, 0.4) is 0 Å². The van der Waals surface area contributed by atoms with E-state index in [1.54, 1.807) is 0 Å². The van der Waals surface area contributed by atoms with Gasteiger partial charge in [0.1, 0.15) is 0 Å². The summed E-state index contributed by atoms with van der Waals surface area (Å²) in [6.07, 6.45) is 4.17. The average Bonchev–Trinajstić information content (AvgIpc) is 2.99. The van der Waals surface area contributed by atoms with Gasteiger partial charge in [-0.15, -0.1) is 0 Å². The van der Waals surface area contributed by atoms with Gasteiger partial charge in [-0.2, -0.15) is 0 Å². The summed E-state index contributed by atoms with van der Waals surface area (Å²) in [5.74, 6) is 0. The molecule has 1 aromatic carbocycles. The SMILES string of the molecule is CCCCNC(=O)N(Cc1cccn1Cc1ccccc1)C(C)(C)C. The highest BCUT2D eigenvalue weighted by Gasteiger charge is 2.27. The monoisotopic (exact) mass is 341 g/mol. The molecule has 2 amide bonds. The third-order valence-corrected chi connectivity index (χ3v) is 4.30. The molecule has 0 radical (unpaired) electrons. The van der Waals surface area contributed by atoms with Crippen LogP contribution in [0.5, 0.6) is 0 Å². The molecule has 0 spiro atoms. The van der Waals surface area contributed by atoms with Crippen LogP contribution in [0.4, 0.5) is 4.79 Å². The number of nitrogens with one attached hydrogen (secondary N) is 1. The van der Waals surface area contributed by atoms with Crippen molar-refractivity contribution in [1.29, 1.82) is 0 Å². The zero-order valence-electron chi connectivity index (χ0n) is 16.0. The number of benzene rings is 1. The van der Waals surface area contributed by atoms with E-state index >= 15 is 0 Å². The zero-order valence-corrected chi connectivity index (χ0v) is 16.0. The van der Waals surface area contributed by atoms with Crippen molar-refractivity contribution in [3.63, 3.8) is 0 Å². The minimum atomic E-state index is -0.238. The standard InChI is InChI=1S/C21H31N3O/c1-5-6-14-22-20(25)24(21(2,3)4)17-19-13-10-15-23(19)16-18-11-8-7-9-12-18/h7-13,15H,5-6,14,16-17H2,1-4H3,(H,22,25). The van der Waals surface area contributed by atoms with Crippen LogP contribution in [0.2, 0.25) is 0 Å². The number of carbonyl (C=O) groups is 1. The summed E-state index contributed by atoms with van der Waals surface area (Å²) >= 11 is 0. The van der Waals surface area contributed by atoms with Crippen LogP contribution in [0.15, 0.2) is 48.7 Å². The molecular formula is C21H31N3O. The summed E-state index contributed by atoms with van der Waals surface area (Å²) in [5.41, 5.74) is 2.16.